The van der Waals surface area contributed by atoms with E-state index in [9.17, 15) is 4.79 Å². The zero-order valence-corrected chi connectivity index (χ0v) is 13.1. The highest BCUT2D eigenvalue weighted by atomic mass is 16.2. The lowest BCUT2D eigenvalue weighted by molar-refractivity contribution is -0.120. The molecule has 0 aliphatic carbocycles. The zero-order chi connectivity index (χ0) is 15.5. The van der Waals surface area contributed by atoms with Gasteiger partial charge in [0, 0.05) is 11.7 Å². The number of nitrogens with one attached hydrogen (secondary N) is 1. The minimum atomic E-state index is 0.0295. The second-order valence-electron chi connectivity index (χ2n) is 6.01. The fourth-order valence-corrected chi connectivity index (χ4v) is 3.14. The lowest BCUT2D eigenvalue weighted by Gasteiger charge is -2.25. The van der Waals surface area contributed by atoms with Crippen LogP contribution in [-0.2, 0) is 11.2 Å². The third kappa shape index (κ3) is 2.98. The van der Waals surface area contributed by atoms with Crippen molar-refractivity contribution in [3.8, 4) is 0 Å². The van der Waals surface area contributed by atoms with Gasteiger partial charge >= 0.3 is 0 Å². The van der Waals surface area contributed by atoms with E-state index in [1.165, 1.54) is 11.3 Å². The fourth-order valence-electron chi connectivity index (χ4n) is 3.14. The minimum absolute atomic E-state index is 0.0295. The molecule has 2 aromatic rings. The van der Waals surface area contributed by atoms with E-state index in [0.717, 1.165) is 12.0 Å². The first-order chi connectivity index (χ1) is 10.6. The molecule has 1 aliphatic heterocycles. The highest BCUT2D eigenvalue weighted by molar-refractivity contribution is 5.83. The Hall–Kier alpha value is -2.29. The van der Waals surface area contributed by atoms with Crippen molar-refractivity contribution in [3.63, 3.8) is 0 Å². The van der Waals surface area contributed by atoms with Crippen LogP contribution in [0, 0.1) is 0 Å². The molecule has 2 unspecified atom stereocenters. The van der Waals surface area contributed by atoms with E-state index in [1.54, 1.807) is 0 Å². The molecule has 22 heavy (non-hydrogen) atoms. The van der Waals surface area contributed by atoms with E-state index in [1.807, 2.05) is 43.3 Å². The van der Waals surface area contributed by atoms with Gasteiger partial charge < -0.3 is 10.2 Å². The van der Waals surface area contributed by atoms with Gasteiger partial charge in [0.2, 0.25) is 5.91 Å². The summed E-state index contributed by atoms with van der Waals surface area (Å²) in [5.41, 5.74) is 3.65. The van der Waals surface area contributed by atoms with Gasteiger partial charge in [-0.25, -0.2) is 0 Å². The summed E-state index contributed by atoms with van der Waals surface area (Å²) in [7, 11) is 0. The Morgan fingerprint density at radius 1 is 1.18 bits per heavy atom. The molecule has 0 saturated carbocycles. The number of carbonyl (C=O) groups excluding carboxylic acids is 1. The summed E-state index contributed by atoms with van der Waals surface area (Å²) in [5.74, 6) is 0.0694. The van der Waals surface area contributed by atoms with E-state index >= 15 is 0 Å². The Balaban J connectivity index is 1.65. The summed E-state index contributed by atoms with van der Waals surface area (Å²) in [6.07, 6.45) is 1.01. The number of benzene rings is 2. The van der Waals surface area contributed by atoms with Crippen molar-refractivity contribution in [3.05, 3.63) is 65.7 Å². The zero-order valence-electron chi connectivity index (χ0n) is 13.1. The number of fused-ring (bicyclic) bond motifs is 1. The number of nitrogens with zero attached hydrogens (tertiary/aromatic N) is 1. The highest BCUT2D eigenvalue weighted by Crippen LogP contribution is 2.31. The van der Waals surface area contributed by atoms with E-state index in [-0.39, 0.29) is 11.9 Å². The topological polar surface area (TPSA) is 32.3 Å². The quantitative estimate of drug-likeness (QED) is 0.938. The first-order valence-electron chi connectivity index (χ1n) is 7.84. The molecule has 114 valence electrons. The van der Waals surface area contributed by atoms with Crippen LogP contribution in [0.1, 0.15) is 31.0 Å². The molecular formula is C19H22N2O. The summed E-state index contributed by atoms with van der Waals surface area (Å²) in [6.45, 7) is 4.61. The monoisotopic (exact) mass is 294 g/mol. The molecule has 2 aromatic carbocycles. The molecule has 0 radical (unpaired) electrons. The lowest BCUT2D eigenvalue weighted by atomic mass is 10.1. The van der Waals surface area contributed by atoms with Crippen LogP contribution in [0.4, 0.5) is 5.69 Å². The molecule has 1 aliphatic rings. The van der Waals surface area contributed by atoms with Crippen LogP contribution in [-0.4, -0.2) is 18.5 Å². The minimum Gasteiger partial charge on any atom is -0.359 e. The van der Waals surface area contributed by atoms with Crippen molar-refractivity contribution in [2.24, 2.45) is 0 Å². The van der Waals surface area contributed by atoms with Gasteiger partial charge in [0.15, 0.2) is 0 Å². The average molecular weight is 294 g/mol. The van der Waals surface area contributed by atoms with E-state index in [2.05, 4.69) is 35.3 Å². The van der Waals surface area contributed by atoms with Crippen LogP contribution >= 0.6 is 0 Å². The number of hydrogen-bond donors (Lipinski definition) is 1. The first-order valence-corrected chi connectivity index (χ1v) is 7.84. The average Bonchev–Trinajstić information content (AvgIpc) is 2.84. The Morgan fingerprint density at radius 2 is 1.86 bits per heavy atom. The van der Waals surface area contributed by atoms with Crippen LogP contribution in [0.2, 0.25) is 0 Å². The predicted molar refractivity (Wildman–Crippen MR) is 90.0 cm³/mol. The molecule has 0 bridgehead atoms. The van der Waals surface area contributed by atoms with Crippen LogP contribution in [0.25, 0.3) is 0 Å². The number of amides is 1. The van der Waals surface area contributed by atoms with E-state index in [0.29, 0.717) is 12.6 Å². The Labute approximate surface area is 132 Å². The number of anilines is 1. The van der Waals surface area contributed by atoms with Gasteiger partial charge in [-0.3, -0.25) is 4.79 Å². The third-order valence-electron chi connectivity index (χ3n) is 4.34. The molecule has 0 saturated heterocycles. The molecule has 1 heterocycles. The van der Waals surface area contributed by atoms with Crippen molar-refractivity contribution in [2.45, 2.75) is 32.4 Å². The van der Waals surface area contributed by atoms with Gasteiger partial charge in [-0.1, -0.05) is 48.5 Å². The smallest absolute Gasteiger partial charge is 0.240 e. The first kappa shape index (κ1) is 14.6. The molecule has 0 fully saturated rings. The number of rotatable bonds is 4. The van der Waals surface area contributed by atoms with Gasteiger partial charge in [-0.15, -0.1) is 0 Å². The van der Waals surface area contributed by atoms with Crippen LogP contribution in [0.3, 0.4) is 0 Å². The summed E-state index contributed by atoms with van der Waals surface area (Å²) < 4.78 is 0. The summed E-state index contributed by atoms with van der Waals surface area (Å²) in [4.78, 5) is 14.6. The standard InChI is InChI=1S/C19H22N2O/c1-14-12-17-10-6-7-11-18(17)21(14)13-19(22)20-15(2)16-8-4-3-5-9-16/h3-11,14-15H,12-13H2,1-2H3,(H,20,22). The van der Waals surface area contributed by atoms with Crippen LogP contribution in [0.5, 0.6) is 0 Å². The maximum absolute atomic E-state index is 12.4. The van der Waals surface area contributed by atoms with Crippen molar-refractivity contribution >= 4 is 11.6 Å². The van der Waals surface area contributed by atoms with Crippen molar-refractivity contribution in [2.75, 3.05) is 11.4 Å². The normalized spacial score (nSPS) is 17.9. The molecule has 1 amide bonds. The second-order valence-corrected chi connectivity index (χ2v) is 6.01. The van der Waals surface area contributed by atoms with Crippen molar-refractivity contribution in [1.82, 2.24) is 5.32 Å². The Morgan fingerprint density at radius 3 is 2.64 bits per heavy atom. The van der Waals surface area contributed by atoms with Gasteiger partial charge in [0.05, 0.1) is 12.6 Å². The predicted octanol–water partition coefficient (Wildman–Crippen LogP) is 3.32. The maximum atomic E-state index is 12.4. The summed E-state index contributed by atoms with van der Waals surface area (Å²) in [6, 6.07) is 18.8. The molecule has 3 heteroatoms. The fraction of sp³-hybridized carbons (Fsp3) is 0.316. The summed E-state index contributed by atoms with van der Waals surface area (Å²) >= 11 is 0. The third-order valence-corrected chi connectivity index (χ3v) is 4.34. The molecule has 3 rings (SSSR count). The van der Waals surface area contributed by atoms with Gasteiger partial charge in [-0.2, -0.15) is 0 Å². The van der Waals surface area contributed by atoms with Gasteiger partial charge in [0.1, 0.15) is 0 Å². The second kappa shape index (κ2) is 6.22. The van der Waals surface area contributed by atoms with E-state index < -0.39 is 0 Å². The van der Waals surface area contributed by atoms with Crippen molar-refractivity contribution < 1.29 is 4.79 Å². The number of carbonyl (C=O) groups is 1. The Kier molecular flexibility index (Phi) is 4.14. The number of para-hydroxylation sites is 1. The lowest BCUT2D eigenvalue weighted by Crippen LogP contribution is -2.40. The molecular weight excluding hydrogens is 272 g/mol. The molecule has 0 spiro atoms. The van der Waals surface area contributed by atoms with Gasteiger partial charge in [0.25, 0.3) is 0 Å². The summed E-state index contributed by atoms with van der Waals surface area (Å²) in [5, 5.41) is 3.09. The van der Waals surface area contributed by atoms with E-state index in [4.69, 9.17) is 0 Å². The largest absolute Gasteiger partial charge is 0.359 e. The van der Waals surface area contributed by atoms with Gasteiger partial charge in [-0.05, 0) is 37.5 Å². The van der Waals surface area contributed by atoms with Crippen molar-refractivity contribution in [1.29, 1.82) is 0 Å². The molecule has 3 nitrogen and oxygen atoms in total. The van der Waals surface area contributed by atoms with Crippen LogP contribution < -0.4 is 10.2 Å². The molecule has 2 atom stereocenters. The Bertz CT molecular complexity index is 653. The SMILES string of the molecule is CC(NC(=O)CN1c2ccccc2CC1C)c1ccccc1. The maximum Gasteiger partial charge on any atom is 0.240 e. The highest BCUT2D eigenvalue weighted by Gasteiger charge is 2.27. The van der Waals surface area contributed by atoms with Crippen LogP contribution in [0.15, 0.2) is 54.6 Å². The molecule has 1 N–H and O–H groups in total. The molecule has 0 aromatic heterocycles. The number of hydrogen-bond acceptors (Lipinski definition) is 2.